The van der Waals surface area contributed by atoms with Gasteiger partial charge in [-0.15, -0.1) is 0 Å². The smallest absolute Gasteiger partial charge is 0.308 e. The highest BCUT2D eigenvalue weighted by Gasteiger charge is 2.24. The zero-order valence-electron chi connectivity index (χ0n) is 9.91. The lowest BCUT2D eigenvalue weighted by molar-refractivity contribution is -0.120. The van der Waals surface area contributed by atoms with Crippen molar-refractivity contribution in [2.45, 2.75) is 25.8 Å². The zero-order valence-corrected chi connectivity index (χ0v) is 9.91. The van der Waals surface area contributed by atoms with E-state index in [-0.39, 0.29) is 17.5 Å². The summed E-state index contributed by atoms with van der Waals surface area (Å²) < 4.78 is 0. The molecule has 0 spiro atoms. The number of nitrogens with one attached hydrogen (secondary N) is 3. The summed E-state index contributed by atoms with van der Waals surface area (Å²) in [5.41, 5.74) is 1.44. The molecule has 0 aromatic carbocycles. The molecule has 3 heterocycles. The minimum absolute atomic E-state index is 0.151. The van der Waals surface area contributed by atoms with Crippen LogP contribution in [0.5, 0.6) is 0 Å². The second-order valence-corrected chi connectivity index (χ2v) is 4.46. The van der Waals surface area contributed by atoms with E-state index in [2.05, 4.69) is 25.3 Å². The molecule has 0 radical (unpaired) electrons. The fourth-order valence-corrected chi connectivity index (χ4v) is 2.29. The Bertz CT molecular complexity index is 672. The summed E-state index contributed by atoms with van der Waals surface area (Å²) >= 11 is 0. The van der Waals surface area contributed by atoms with Crippen LogP contribution in [0.15, 0.2) is 4.79 Å². The molecule has 7 heteroatoms. The van der Waals surface area contributed by atoms with Gasteiger partial charge in [-0.1, -0.05) is 0 Å². The summed E-state index contributed by atoms with van der Waals surface area (Å²) in [6.07, 6.45) is 0.951. The van der Waals surface area contributed by atoms with Crippen LogP contribution in [0, 0.1) is 6.92 Å². The SMILES string of the molecule is Cc1nc(C2CC(=O)CCN2)c2[nH]c(=O)[nH]c2n1. The molecule has 0 aliphatic carbocycles. The summed E-state index contributed by atoms with van der Waals surface area (Å²) in [5, 5.41) is 3.25. The predicted molar refractivity (Wildman–Crippen MR) is 64.2 cm³/mol. The Morgan fingerprint density at radius 1 is 1.22 bits per heavy atom. The van der Waals surface area contributed by atoms with E-state index in [0.717, 1.165) is 0 Å². The molecule has 1 aliphatic rings. The number of Topliss-reactive ketones (excluding diaryl/α,β-unsaturated/α-hetero) is 1. The van der Waals surface area contributed by atoms with Crippen molar-refractivity contribution in [2.24, 2.45) is 0 Å². The Morgan fingerprint density at radius 2 is 2.06 bits per heavy atom. The van der Waals surface area contributed by atoms with E-state index < -0.39 is 0 Å². The fraction of sp³-hybridized carbons (Fsp3) is 0.455. The summed E-state index contributed by atoms with van der Waals surface area (Å²) in [6, 6.07) is -0.151. The second kappa shape index (κ2) is 4.02. The fourth-order valence-electron chi connectivity index (χ4n) is 2.29. The number of aromatic amines is 2. The number of ketones is 1. The molecule has 1 aliphatic heterocycles. The molecule has 3 N–H and O–H groups in total. The molecule has 94 valence electrons. The van der Waals surface area contributed by atoms with Gasteiger partial charge in [0.25, 0.3) is 0 Å². The molecule has 3 rings (SSSR count). The van der Waals surface area contributed by atoms with Gasteiger partial charge in [0.05, 0.1) is 11.7 Å². The number of fused-ring (bicyclic) bond motifs is 1. The van der Waals surface area contributed by atoms with Crippen molar-refractivity contribution < 1.29 is 4.79 Å². The summed E-state index contributed by atoms with van der Waals surface area (Å²) in [7, 11) is 0. The molecule has 0 amide bonds. The van der Waals surface area contributed by atoms with Gasteiger partial charge in [-0.25, -0.2) is 14.8 Å². The molecule has 0 bridgehead atoms. The first-order chi connectivity index (χ1) is 8.63. The lowest BCUT2D eigenvalue weighted by atomic mass is 10.00. The maximum Gasteiger partial charge on any atom is 0.325 e. The summed E-state index contributed by atoms with van der Waals surface area (Å²) in [4.78, 5) is 36.7. The van der Waals surface area contributed by atoms with Crippen molar-refractivity contribution in [1.82, 2.24) is 25.3 Å². The van der Waals surface area contributed by atoms with Crippen molar-refractivity contribution >= 4 is 16.9 Å². The van der Waals surface area contributed by atoms with E-state index in [4.69, 9.17) is 0 Å². The van der Waals surface area contributed by atoms with Crippen LogP contribution in [0.2, 0.25) is 0 Å². The van der Waals surface area contributed by atoms with Crippen molar-refractivity contribution in [1.29, 1.82) is 0 Å². The number of imidazole rings is 1. The first kappa shape index (κ1) is 11.1. The van der Waals surface area contributed by atoms with Gasteiger partial charge in [0.2, 0.25) is 0 Å². The average molecular weight is 247 g/mol. The van der Waals surface area contributed by atoms with Crippen LogP contribution in [0.1, 0.15) is 30.4 Å². The number of rotatable bonds is 1. The monoisotopic (exact) mass is 247 g/mol. The normalized spacial score (nSPS) is 20.5. The van der Waals surface area contributed by atoms with E-state index in [1.165, 1.54) is 0 Å². The van der Waals surface area contributed by atoms with Gasteiger partial charge in [-0.2, -0.15) is 0 Å². The van der Waals surface area contributed by atoms with Crippen LogP contribution >= 0.6 is 0 Å². The van der Waals surface area contributed by atoms with E-state index in [1.807, 2.05) is 0 Å². The lowest BCUT2D eigenvalue weighted by Crippen LogP contribution is -2.32. The standard InChI is InChI=1S/C11H13N5O2/c1-5-13-8(7-4-6(17)2-3-12-7)9-10(14-5)16-11(18)15-9/h7,12H,2-4H2,1H3,(H2,13,14,15,16,18). The van der Waals surface area contributed by atoms with Gasteiger partial charge in [0.1, 0.15) is 17.1 Å². The van der Waals surface area contributed by atoms with Crippen LogP contribution in [0.25, 0.3) is 11.2 Å². The van der Waals surface area contributed by atoms with Crippen LogP contribution in [-0.2, 0) is 4.79 Å². The largest absolute Gasteiger partial charge is 0.325 e. The van der Waals surface area contributed by atoms with Crippen molar-refractivity contribution in [2.75, 3.05) is 6.54 Å². The minimum atomic E-state index is -0.312. The molecule has 1 unspecified atom stereocenters. The third-order valence-electron chi connectivity index (χ3n) is 3.08. The number of hydrogen-bond acceptors (Lipinski definition) is 5. The molecular weight excluding hydrogens is 234 g/mol. The van der Waals surface area contributed by atoms with E-state index in [9.17, 15) is 9.59 Å². The lowest BCUT2D eigenvalue weighted by Gasteiger charge is -2.22. The van der Waals surface area contributed by atoms with Crippen LogP contribution in [0.4, 0.5) is 0 Å². The molecule has 0 saturated carbocycles. The molecular formula is C11H13N5O2. The third kappa shape index (κ3) is 1.82. The molecule has 1 saturated heterocycles. The Kier molecular flexibility index (Phi) is 2.48. The number of carbonyl (C=O) groups excluding carboxylic acids is 1. The number of piperidine rings is 1. The summed E-state index contributed by atoms with van der Waals surface area (Å²) in [6.45, 7) is 2.40. The maximum absolute atomic E-state index is 11.5. The van der Waals surface area contributed by atoms with Crippen molar-refractivity contribution in [3.05, 3.63) is 22.0 Å². The number of nitrogens with zero attached hydrogens (tertiary/aromatic N) is 2. The van der Waals surface area contributed by atoms with Gasteiger partial charge in [0.15, 0.2) is 5.65 Å². The molecule has 1 atom stereocenters. The van der Waals surface area contributed by atoms with E-state index in [0.29, 0.717) is 42.1 Å². The van der Waals surface area contributed by atoms with E-state index in [1.54, 1.807) is 6.92 Å². The molecule has 7 nitrogen and oxygen atoms in total. The van der Waals surface area contributed by atoms with Gasteiger partial charge in [0, 0.05) is 19.4 Å². The van der Waals surface area contributed by atoms with Gasteiger partial charge < -0.3 is 10.3 Å². The average Bonchev–Trinajstić information content (AvgIpc) is 2.68. The molecule has 1 fully saturated rings. The Balaban J connectivity index is 2.14. The number of carbonyl (C=O) groups is 1. The number of aromatic nitrogens is 4. The quantitative estimate of drug-likeness (QED) is 0.655. The van der Waals surface area contributed by atoms with Crippen LogP contribution < -0.4 is 11.0 Å². The van der Waals surface area contributed by atoms with Gasteiger partial charge >= 0.3 is 5.69 Å². The van der Waals surface area contributed by atoms with Crippen LogP contribution in [0.3, 0.4) is 0 Å². The number of H-pyrrole nitrogens is 2. The highest BCUT2D eigenvalue weighted by atomic mass is 16.1. The van der Waals surface area contributed by atoms with Crippen LogP contribution in [-0.4, -0.2) is 32.3 Å². The topological polar surface area (TPSA) is 104 Å². The zero-order chi connectivity index (χ0) is 12.7. The Labute approximate surface area is 102 Å². The highest BCUT2D eigenvalue weighted by molar-refractivity contribution is 5.81. The third-order valence-corrected chi connectivity index (χ3v) is 3.08. The first-order valence-corrected chi connectivity index (χ1v) is 5.85. The van der Waals surface area contributed by atoms with Gasteiger partial charge in [-0.05, 0) is 6.92 Å². The predicted octanol–water partition coefficient (Wildman–Crippen LogP) is -0.0518. The minimum Gasteiger partial charge on any atom is -0.308 e. The molecule has 2 aromatic heterocycles. The second-order valence-electron chi connectivity index (χ2n) is 4.46. The molecule has 18 heavy (non-hydrogen) atoms. The van der Waals surface area contributed by atoms with Gasteiger partial charge in [-0.3, -0.25) is 9.78 Å². The van der Waals surface area contributed by atoms with Crippen molar-refractivity contribution in [3.8, 4) is 0 Å². The summed E-state index contributed by atoms with van der Waals surface area (Å²) in [5.74, 6) is 0.786. The number of aryl methyl sites for hydroxylation is 1. The van der Waals surface area contributed by atoms with E-state index >= 15 is 0 Å². The first-order valence-electron chi connectivity index (χ1n) is 5.85. The Morgan fingerprint density at radius 3 is 2.83 bits per heavy atom. The Hall–Kier alpha value is -2.02. The number of hydrogen-bond donors (Lipinski definition) is 3. The van der Waals surface area contributed by atoms with Crippen molar-refractivity contribution in [3.63, 3.8) is 0 Å². The highest BCUT2D eigenvalue weighted by Crippen LogP contribution is 2.23. The maximum atomic E-state index is 11.5. The molecule has 2 aromatic rings.